The van der Waals surface area contributed by atoms with Gasteiger partial charge in [-0.05, 0) is 31.9 Å². The van der Waals surface area contributed by atoms with Crippen LogP contribution in [-0.2, 0) is 4.79 Å². The Morgan fingerprint density at radius 2 is 1.87 bits per heavy atom. The molecule has 8 heteroatoms. The van der Waals surface area contributed by atoms with Crippen LogP contribution in [0.25, 0.3) is 0 Å². The van der Waals surface area contributed by atoms with Gasteiger partial charge in [0.05, 0.1) is 6.20 Å². The van der Waals surface area contributed by atoms with E-state index >= 15 is 0 Å². The Kier molecular flexibility index (Phi) is 8.38. The minimum Gasteiger partial charge on any atom is -0.483 e. The third-order valence-corrected chi connectivity index (χ3v) is 3.00. The van der Waals surface area contributed by atoms with E-state index in [2.05, 4.69) is 25.6 Å². The average molecular weight is 338 g/mol. The van der Waals surface area contributed by atoms with Crippen molar-refractivity contribution in [3.8, 4) is 0 Å². The topological polar surface area (TPSA) is 100 Å². The Hall–Kier alpha value is -2.41. The van der Waals surface area contributed by atoms with Gasteiger partial charge in [0.1, 0.15) is 22.5 Å². The van der Waals surface area contributed by atoms with Gasteiger partial charge in [-0.2, -0.15) is 0 Å². The molecule has 0 aliphatic carbocycles. The lowest BCUT2D eigenvalue weighted by molar-refractivity contribution is -0.122. The van der Waals surface area contributed by atoms with Crippen molar-refractivity contribution in [2.75, 3.05) is 23.7 Å². The van der Waals surface area contributed by atoms with Gasteiger partial charge in [0.2, 0.25) is 0 Å². The van der Waals surface area contributed by atoms with E-state index in [0.717, 1.165) is 30.9 Å². The zero-order valence-corrected chi connectivity index (χ0v) is 13.8. The summed E-state index contributed by atoms with van der Waals surface area (Å²) in [6.07, 6.45) is 4.40. The second-order valence-corrected chi connectivity index (χ2v) is 5.05. The van der Waals surface area contributed by atoms with E-state index in [9.17, 15) is 0 Å². The van der Waals surface area contributed by atoms with Gasteiger partial charge in [0, 0.05) is 19.3 Å². The Balaban J connectivity index is 0.000000816. The van der Waals surface area contributed by atoms with Crippen molar-refractivity contribution in [2.45, 2.75) is 20.3 Å². The molecule has 2 rings (SSSR count). The first-order chi connectivity index (χ1) is 11.1. The molecule has 0 aromatic carbocycles. The van der Waals surface area contributed by atoms with E-state index in [-0.39, 0.29) is 6.47 Å². The Labute approximate surface area is 140 Å². The van der Waals surface area contributed by atoms with Crippen molar-refractivity contribution in [3.63, 3.8) is 0 Å². The molecule has 0 spiro atoms. The van der Waals surface area contributed by atoms with Gasteiger partial charge < -0.3 is 15.7 Å². The number of carboxylic acid groups (broad SMARTS) is 1. The summed E-state index contributed by atoms with van der Waals surface area (Å²) in [5.74, 6) is 2.29. The number of hydrogen-bond acceptors (Lipinski definition) is 6. The molecule has 2 aromatic rings. The summed E-state index contributed by atoms with van der Waals surface area (Å²) >= 11 is 6.01. The fourth-order valence-electron chi connectivity index (χ4n) is 1.66. The molecule has 0 aliphatic rings. The van der Waals surface area contributed by atoms with Gasteiger partial charge in [-0.1, -0.05) is 17.7 Å². The zero-order valence-electron chi connectivity index (χ0n) is 13.1. The summed E-state index contributed by atoms with van der Waals surface area (Å²) < 4.78 is 0. The highest BCUT2D eigenvalue weighted by atomic mass is 35.5. The second-order valence-electron chi connectivity index (χ2n) is 4.65. The summed E-state index contributed by atoms with van der Waals surface area (Å²) in [5, 5.41) is 13.9. The molecule has 2 aromatic heterocycles. The number of carbonyl (C=O) groups is 1. The van der Waals surface area contributed by atoms with Crippen molar-refractivity contribution in [1.82, 2.24) is 15.0 Å². The van der Waals surface area contributed by atoms with Crippen LogP contribution in [-0.4, -0.2) is 39.6 Å². The van der Waals surface area contributed by atoms with Gasteiger partial charge in [-0.15, -0.1) is 0 Å². The van der Waals surface area contributed by atoms with Crippen LogP contribution in [0.1, 0.15) is 17.8 Å². The predicted octanol–water partition coefficient (Wildman–Crippen LogP) is 2.76. The van der Waals surface area contributed by atoms with Gasteiger partial charge in [0.25, 0.3) is 6.47 Å². The van der Waals surface area contributed by atoms with Gasteiger partial charge >= 0.3 is 0 Å². The fourth-order valence-corrected chi connectivity index (χ4v) is 1.82. The van der Waals surface area contributed by atoms with E-state index in [1.54, 1.807) is 6.20 Å². The normalized spacial score (nSPS) is 9.52. The van der Waals surface area contributed by atoms with E-state index < -0.39 is 0 Å². The summed E-state index contributed by atoms with van der Waals surface area (Å²) in [4.78, 5) is 20.9. The van der Waals surface area contributed by atoms with E-state index in [0.29, 0.717) is 16.7 Å². The molecule has 124 valence electrons. The number of hydrogen-bond donors (Lipinski definition) is 3. The van der Waals surface area contributed by atoms with Crippen LogP contribution < -0.4 is 10.6 Å². The minimum absolute atomic E-state index is 0.250. The molecule has 7 nitrogen and oxygen atoms in total. The van der Waals surface area contributed by atoms with Crippen molar-refractivity contribution in [3.05, 3.63) is 40.9 Å². The maximum Gasteiger partial charge on any atom is 0.290 e. The lowest BCUT2D eigenvalue weighted by Crippen LogP contribution is -2.11. The highest BCUT2D eigenvalue weighted by Crippen LogP contribution is 2.17. The third-order valence-electron chi connectivity index (χ3n) is 2.73. The number of anilines is 2. The molecule has 3 N–H and O–H groups in total. The first-order valence-corrected chi connectivity index (χ1v) is 7.42. The quantitative estimate of drug-likeness (QED) is 0.550. The molecular weight excluding hydrogens is 318 g/mol. The average Bonchev–Trinajstić information content (AvgIpc) is 2.53. The highest BCUT2D eigenvalue weighted by molar-refractivity contribution is 6.32. The molecule has 0 atom stereocenters. The lowest BCUT2D eigenvalue weighted by Gasteiger charge is -2.09. The van der Waals surface area contributed by atoms with E-state index in [1.807, 2.05) is 32.2 Å². The van der Waals surface area contributed by atoms with Crippen molar-refractivity contribution < 1.29 is 9.90 Å². The van der Waals surface area contributed by atoms with Crippen LogP contribution in [0.4, 0.5) is 11.6 Å². The molecule has 23 heavy (non-hydrogen) atoms. The molecule has 0 saturated carbocycles. The van der Waals surface area contributed by atoms with Gasteiger partial charge in [-0.3, -0.25) is 4.79 Å². The summed E-state index contributed by atoms with van der Waals surface area (Å²) in [7, 11) is 0. The van der Waals surface area contributed by atoms with Gasteiger partial charge in [-0.25, -0.2) is 15.0 Å². The standard InChI is InChI=1S/C14H18ClN5.CH2O2/c1-10-4-5-13(19-8-10)16-6-3-7-17-14-12(15)9-18-11(2)20-14;2-1-3/h4-5,8-9H,3,6-7H2,1-2H3,(H,16,19)(H,17,18,20);1H,(H,2,3). The van der Waals surface area contributed by atoms with Crippen LogP contribution in [0.5, 0.6) is 0 Å². The molecule has 2 heterocycles. The molecular formula is C15H20ClN5O2. The second kappa shape index (κ2) is 10.3. The predicted molar refractivity (Wildman–Crippen MR) is 91.0 cm³/mol. The largest absolute Gasteiger partial charge is 0.483 e. The number of halogens is 1. The number of rotatable bonds is 6. The fraction of sp³-hybridized carbons (Fsp3) is 0.333. The maximum absolute atomic E-state index is 8.36. The first-order valence-electron chi connectivity index (χ1n) is 7.04. The summed E-state index contributed by atoms with van der Waals surface area (Å²) in [5.41, 5.74) is 1.16. The molecule has 0 unspecified atom stereocenters. The summed E-state index contributed by atoms with van der Waals surface area (Å²) in [6, 6.07) is 4.02. The Morgan fingerprint density at radius 3 is 2.52 bits per heavy atom. The number of aromatic nitrogens is 3. The van der Waals surface area contributed by atoms with Gasteiger partial charge in [0.15, 0.2) is 0 Å². The van der Waals surface area contributed by atoms with Crippen molar-refractivity contribution >= 4 is 29.7 Å². The molecule has 0 bridgehead atoms. The number of nitrogens with zero attached hydrogens (tertiary/aromatic N) is 3. The molecule has 0 fully saturated rings. The smallest absolute Gasteiger partial charge is 0.290 e. The van der Waals surface area contributed by atoms with E-state index in [4.69, 9.17) is 21.5 Å². The lowest BCUT2D eigenvalue weighted by atomic mass is 10.3. The number of pyridine rings is 1. The molecule has 0 aliphatic heterocycles. The first kappa shape index (κ1) is 18.6. The van der Waals surface area contributed by atoms with Crippen LogP contribution in [0.15, 0.2) is 24.5 Å². The van der Waals surface area contributed by atoms with E-state index in [1.165, 1.54) is 0 Å². The Morgan fingerprint density at radius 1 is 1.17 bits per heavy atom. The zero-order chi connectivity index (χ0) is 17.1. The third kappa shape index (κ3) is 7.42. The van der Waals surface area contributed by atoms with Crippen molar-refractivity contribution in [2.24, 2.45) is 0 Å². The van der Waals surface area contributed by atoms with Crippen LogP contribution in [0.2, 0.25) is 5.02 Å². The SMILES string of the molecule is Cc1ccc(NCCCNc2nc(C)ncc2Cl)nc1.O=CO. The number of aryl methyl sites for hydroxylation is 2. The van der Waals surface area contributed by atoms with Crippen LogP contribution in [0, 0.1) is 13.8 Å². The molecule has 0 radical (unpaired) electrons. The molecule has 0 amide bonds. The monoisotopic (exact) mass is 337 g/mol. The van der Waals surface area contributed by atoms with Crippen LogP contribution >= 0.6 is 11.6 Å². The maximum atomic E-state index is 8.36. The number of nitrogens with one attached hydrogen (secondary N) is 2. The minimum atomic E-state index is -0.250. The van der Waals surface area contributed by atoms with Crippen molar-refractivity contribution in [1.29, 1.82) is 0 Å². The van der Waals surface area contributed by atoms with Crippen LogP contribution in [0.3, 0.4) is 0 Å². The summed E-state index contributed by atoms with van der Waals surface area (Å²) in [6.45, 7) is 5.24. The molecule has 0 saturated heterocycles. The Bertz CT molecular complexity index is 607. The highest BCUT2D eigenvalue weighted by Gasteiger charge is 2.02.